The number of piperidine rings is 1. The fraction of sp³-hybridized carbons (Fsp3) is 0.208. The van der Waals surface area contributed by atoms with E-state index in [1.54, 1.807) is 29.3 Å². The van der Waals surface area contributed by atoms with E-state index < -0.39 is 5.60 Å². The largest absolute Gasteiger partial charge is 0.385 e. The van der Waals surface area contributed by atoms with Crippen LogP contribution >= 0.6 is 11.6 Å². The highest BCUT2D eigenvalue weighted by Crippen LogP contribution is 2.34. The van der Waals surface area contributed by atoms with Gasteiger partial charge in [0.15, 0.2) is 5.82 Å². The first kappa shape index (κ1) is 19.7. The van der Waals surface area contributed by atoms with Crippen LogP contribution in [0.3, 0.4) is 0 Å². The number of aromatic amines is 1. The maximum atomic E-state index is 13.1. The third-order valence-corrected chi connectivity index (χ3v) is 6.14. The van der Waals surface area contributed by atoms with Crippen LogP contribution in [0.25, 0.3) is 22.4 Å². The second-order valence-electron chi connectivity index (χ2n) is 7.88. The standard InChI is InChI=1S/C24H21ClN4O2/c25-19-8-6-18(7-9-19)24(31)10-12-29(13-11-24)23(30)20-14-17-15-26-21(28-22(17)27-20)16-4-2-1-3-5-16/h1-9,14-15,31H,10-13H2,(H,26,27,28). The quantitative estimate of drug-likeness (QED) is 0.502. The Morgan fingerprint density at radius 2 is 1.77 bits per heavy atom. The number of halogens is 1. The summed E-state index contributed by atoms with van der Waals surface area (Å²) < 4.78 is 0. The number of fused-ring (bicyclic) bond motifs is 1. The van der Waals surface area contributed by atoms with Crippen molar-refractivity contribution in [2.75, 3.05) is 13.1 Å². The van der Waals surface area contributed by atoms with Gasteiger partial charge >= 0.3 is 0 Å². The van der Waals surface area contributed by atoms with Crippen LogP contribution in [0.4, 0.5) is 0 Å². The number of hydrogen-bond acceptors (Lipinski definition) is 4. The molecule has 2 aromatic carbocycles. The molecule has 7 heteroatoms. The molecule has 0 bridgehead atoms. The minimum absolute atomic E-state index is 0.0996. The number of carbonyl (C=O) groups excluding carboxylic acids is 1. The van der Waals surface area contributed by atoms with Crippen molar-refractivity contribution < 1.29 is 9.90 Å². The molecule has 156 valence electrons. The van der Waals surface area contributed by atoms with E-state index >= 15 is 0 Å². The molecule has 1 amide bonds. The van der Waals surface area contributed by atoms with Crippen LogP contribution in [-0.2, 0) is 5.60 Å². The Morgan fingerprint density at radius 3 is 2.48 bits per heavy atom. The van der Waals surface area contributed by atoms with Crippen LogP contribution in [0.5, 0.6) is 0 Å². The molecule has 0 spiro atoms. The summed E-state index contributed by atoms with van der Waals surface area (Å²) in [6.07, 6.45) is 2.67. The van der Waals surface area contributed by atoms with Gasteiger partial charge in [-0.2, -0.15) is 0 Å². The summed E-state index contributed by atoms with van der Waals surface area (Å²) in [6, 6.07) is 18.8. The van der Waals surface area contributed by atoms with Gasteiger partial charge in [0.2, 0.25) is 0 Å². The molecule has 6 nitrogen and oxygen atoms in total. The monoisotopic (exact) mass is 432 g/mol. The number of aliphatic hydroxyl groups is 1. The van der Waals surface area contributed by atoms with E-state index in [2.05, 4.69) is 15.0 Å². The Hall–Kier alpha value is -3.22. The number of nitrogens with one attached hydrogen (secondary N) is 1. The summed E-state index contributed by atoms with van der Waals surface area (Å²) in [5.74, 6) is 0.511. The molecule has 1 fully saturated rings. The van der Waals surface area contributed by atoms with Crippen molar-refractivity contribution in [1.29, 1.82) is 0 Å². The van der Waals surface area contributed by atoms with E-state index in [1.807, 2.05) is 42.5 Å². The summed E-state index contributed by atoms with van der Waals surface area (Å²) in [5.41, 5.74) is 1.92. The first-order valence-electron chi connectivity index (χ1n) is 10.2. The molecule has 5 rings (SSSR count). The number of likely N-dealkylation sites (tertiary alicyclic amines) is 1. The van der Waals surface area contributed by atoms with Crippen molar-refractivity contribution in [2.24, 2.45) is 0 Å². The normalized spacial score (nSPS) is 15.9. The van der Waals surface area contributed by atoms with Gasteiger partial charge in [-0.3, -0.25) is 4.79 Å². The molecule has 1 saturated heterocycles. The summed E-state index contributed by atoms with van der Waals surface area (Å²) in [5, 5.41) is 12.5. The van der Waals surface area contributed by atoms with Crippen LogP contribution in [0, 0.1) is 0 Å². The fourth-order valence-electron chi connectivity index (χ4n) is 4.06. The molecule has 0 radical (unpaired) electrons. The van der Waals surface area contributed by atoms with Crippen LogP contribution in [0.1, 0.15) is 28.9 Å². The summed E-state index contributed by atoms with van der Waals surface area (Å²) >= 11 is 5.96. The Balaban J connectivity index is 1.33. The lowest BCUT2D eigenvalue weighted by molar-refractivity contribution is -0.0212. The Kier molecular flexibility index (Phi) is 4.96. The molecule has 2 aromatic heterocycles. The molecule has 3 heterocycles. The zero-order chi connectivity index (χ0) is 21.4. The number of rotatable bonds is 3. The lowest BCUT2D eigenvalue weighted by Crippen LogP contribution is -2.45. The first-order valence-corrected chi connectivity index (χ1v) is 10.6. The number of carbonyl (C=O) groups is 1. The molecular weight excluding hydrogens is 412 g/mol. The minimum Gasteiger partial charge on any atom is -0.385 e. The van der Waals surface area contributed by atoms with E-state index in [0.29, 0.717) is 48.1 Å². The van der Waals surface area contributed by atoms with Gasteiger partial charge in [0.25, 0.3) is 5.91 Å². The van der Waals surface area contributed by atoms with Crippen molar-refractivity contribution in [1.82, 2.24) is 19.9 Å². The summed E-state index contributed by atoms with van der Waals surface area (Å²) in [6.45, 7) is 0.933. The topological polar surface area (TPSA) is 82.1 Å². The zero-order valence-electron chi connectivity index (χ0n) is 16.8. The van der Waals surface area contributed by atoms with Gasteiger partial charge < -0.3 is 15.0 Å². The number of aromatic nitrogens is 3. The number of benzene rings is 2. The van der Waals surface area contributed by atoms with Crippen LogP contribution in [0.2, 0.25) is 5.02 Å². The molecule has 0 saturated carbocycles. The van der Waals surface area contributed by atoms with Crippen molar-refractivity contribution in [3.63, 3.8) is 0 Å². The van der Waals surface area contributed by atoms with Gasteiger partial charge in [0, 0.05) is 35.3 Å². The van der Waals surface area contributed by atoms with E-state index in [9.17, 15) is 9.90 Å². The zero-order valence-corrected chi connectivity index (χ0v) is 17.5. The van der Waals surface area contributed by atoms with E-state index in [0.717, 1.165) is 16.5 Å². The maximum absolute atomic E-state index is 13.1. The molecular formula is C24H21ClN4O2. The van der Waals surface area contributed by atoms with Gasteiger partial charge in [0.05, 0.1) is 5.60 Å². The molecule has 31 heavy (non-hydrogen) atoms. The van der Waals surface area contributed by atoms with E-state index in [4.69, 9.17) is 11.6 Å². The van der Waals surface area contributed by atoms with Crippen LogP contribution < -0.4 is 0 Å². The van der Waals surface area contributed by atoms with Crippen LogP contribution in [0.15, 0.2) is 66.9 Å². The molecule has 0 aliphatic carbocycles. The highest BCUT2D eigenvalue weighted by atomic mass is 35.5. The molecule has 0 atom stereocenters. The lowest BCUT2D eigenvalue weighted by Gasteiger charge is -2.38. The smallest absolute Gasteiger partial charge is 0.270 e. The predicted molar refractivity (Wildman–Crippen MR) is 120 cm³/mol. The molecule has 1 aliphatic rings. The Morgan fingerprint density at radius 1 is 1.06 bits per heavy atom. The van der Waals surface area contributed by atoms with E-state index in [1.165, 1.54) is 0 Å². The van der Waals surface area contributed by atoms with Crippen molar-refractivity contribution in [3.05, 3.63) is 83.1 Å². The number of hydrogen-bond donors (Lipinski definition) is 2. The highest BCUT2D eigenvalue weighted by Gasteiger charge is 2.36. The first-order chi connectivity index (χ1) is 15.0. The van der Waals surface area contributed by atoms with Gasteiger partial charge in [-0.1, -0.05) is 54.1 Å². The Bertz CT molecular complexity index is 1230. The number of H-pyrrole nitrogens is 1. The van der Waals surface area contributed by atoms with Crippen LogP contribution in [-0.4, -0.2) is 44.0 Å². The maximum Gasteiger partial charge on any atom is 0.270 e. The third kappa shape index (κ3) is 3.80. The van der Waals surface area contributed by atoms with Crippen molar-refractivity contribution in [2.45, 2.75) is 18.4 Å². The second kappa shape index (κ2) is 7.80. The average Bonchev–Trinajstić information content (AvgIpc) is 3.23. The molecule has 1 aliphatic heterocycles. The van der Waals surface area contributed by atoms with Gasteiger partial charge in [-0.05, 0) is 36.6 Å². The Labute approximate surface area is 184 Å². The summed E-state index contributed by atoms with van der Waals surface area (Å²) in [4.78, 5) is 27.0. The fourth-order valence-corrected chi connectivity index (χ4v) is 4.18. The van der Waals surface area contributed by atoms with Gasteiger partial charge in [-0.15, -0.1) is 0 Å². The van der Waals surface area contributed by atoms with Gasteiger partial charge in [-0.25, -0.2) is 9.97 Å². The highest BCUT2D eigenvalue weighted by molar-refractivity contribution is 6.30. The second-order valence-corrected chi connectivity index (χ2v) is 8.31. The SMILES string of the molecule is O=C(c1cc2cnc(-c3ccccc3)nc2[nH]1)N1CCC(O)(c2ccc(Cl)cc2)CC1. The number of nitrogens with zero attached hydrogens (tertiary/aromatic N) is 3. The number of amides is 1. The molecule has 2 N–H and O–H groups in total. The van der Waals surface area contributed by atoms with Gasteiger partial charge in [0.1, 0.15) is 11.3 Å². The van der Waals surface area contributed by atoms with Crippen molar-refractivity contribution >= 4 is 28.5 Å². The summed E-state index contributed by atoms with van der Waals surface area (Å²) in [7, 11) is 0. The van der Waals surface area contributed by atoms with E-state index in [-0.39, 0.29) is 5.91 Å². The minimum atomic E-state index is -0.947. The average molecular weight is 433 g/mol. The lowest BCUT2D eigenvalue weighted by atomic mass is 9.84. The molecule has 0 unspecified atom stereocenters. The predicted octanol–water partition coefficient (Wildman–Crippen LogP) is 4.40. The molecule has 4 aromatic rings. The third-order valence-electron chi connectivity index (χ3n) is 5.89. The van der Waals surface area contributed by atoms with Crippen molar-refractivity contribution in [3.8, 4) is 11.4 Å².